The third-order valence-electron chi connectivity index (χ3n) is 2.90. The van der Waals surface area contributed by atoms with E-state index in [2.05, 4.69) is 4.72 Å². The largest absolute Gasteiger partial charge is 0.472 e. The third-order valence-corrected chi connectivity index (χ3v) is 4.88. The van der Waals surface area contributed by atoms with Gasteiger partial charge in [0, 0.05) is 17.1 Å². The molecule has 1 aromatic heterocycles. The second kappa shape index (κ2) is 5.97. The molecule has 0 aliphatic heterocycles. The van der Waals surface area contributed by atoms with Crippen molar-refractivity contribution < 1.29 is 17.9 Å². The fourth-order valence-electron chi connectivity index (χ4n) is 1.73. The van der Waals surface area contributed by atoms with Crippen molar-refractivity contribution in [1.82, 2.24) is 4.72 Å². The Balaban J connectivity index is 2.14. The van der Waals surface area contributed by atoms with Crippen molar-refractivity contribution >= 4 is 21.6 Å². The molecule has 0 spiro atoms. The van der Waals surface area contributed by atoms with Gasteiger partial charge in [-0.2, -0.15) is 0 Å². The number of nitrogens with one attached hydrogen (secondary N) is 1. The molecule has 1 atom stereocenters. The minimum absolute atomic E-state index is 0.101. The highest BCUT2D eigenvalue weighted by Crippen LogP contribution is 2.23. The molecule has 0 unspecified atom stereocenters. The minimum atomic E-state index is -3.72. The lowest BCUT2D eigenvalue weighted by Gasteiger charge is -2.12. The van der Waals surface area contributed by atoms with E-state index >= 15 is 0 Å². The van der Waals surface area contributed by atoms with Gasteiger partial charge in [0.1, 0.15) is 0 Å². The number of benzene rings is 1. The minimum Gasteiger partial charge on any atom is -0.472 e. The molecule has 2 aromatic rings. The zero-order valence-electron chi connectivity index (χ0n) is 10.7. The highest BCUT2D eigenvalue weighted by atomic mass is 35.5. The molecule has 0 saturated carbocycles. The van der Waals surface area contributed by atoms with Crippen molar-refractivity contribution in [2.45, 2.75) is 17.9 Å². The smallest absolute Gasteiger partial charge is 0.240 e. The van der Waals surface area contributed by atoms with Crippen molar-refractivity contribution in [3.05, 3.63) is 52.9 Å². The summed E-state index contributed by atoms with van der Waals surface area (Å²) in [7, 11) is -3.72. The molecule has 0 aliphatic rings. The molecule has 2 N–H and O–H groups in total. The predicted molar refractivity (Wildman–Crippen MR) is 75.0 cm³/mol. The fraction of sp³-hybridized carbons (Fsp3) is 0.231. The molecule has 0 fully saturated rings. The Morgan fingerprint density at radius 1 is 1.40 bits per heavy atom. The van der Waals surface area contributed by atoms with Crippen LogP contribution in [0.15, 0.2) is 46.1 Å². The van der Waals surface area contributed by atoms with Crippen LogP contribution in [0.1, 0.15) is 17.2 Å². The molecular formula is C13H14ClNO4S. The first-order valence-corrected chi connectivity index (χ1v) is 7.73. The first-order valence-electron chi connectivity index (χ1n) is 5.87. The van der Waals surface area contributed by atoms with Gasteiger partial charge in [-0.25, -0.2) is 13.1 Å². The summed E-state index contributed by atoms with van der Waals surface area (Å²) in [5.74, 6) is 0. The van der Waals surface area contributed by atoms with Gasteiger partial charge in [-0.05, 0) is 30.7 Å². The molecule has 2 rings (SSSR count). The topological polar surface area (TPSA) is 79.5 Å². The van der Waals surface area contributed by atoms with E-state index in [0.29, 0.717) is 16.1 Å². The van der Waals surface area contributed by atoms with Crippen molar-refractivity contribution in [3.63, 3.8) is 0 Å². The van der Waals surface area contributed by atoms with E-state index in [0.717, 1.165) is 0 Å². The van der Waals surface area contributed by atoms with Gasteiger partial charge in [0.25, 0.3) is 0 Å². The molecule has 0 radical (unpaired) electrons. The summed E-state index contributed by atoms with van der Waals surface area (Å²) in [6.45, 7) is 1.48. The highest BCUT2D eigenvalue weighted by molar-refractivity contribution is 7.89. The number of rotatable bonds is 5. The third kappa shape index (κ3) is 3.21. The van der Waals surface area contributed by atoms with Crippen LogP contribution in [0.2, 0.25) is 5.02 Å². The average molecular weight is 316 g/mol. The molecule has 0 amide bonds. The Kier molecular flexibility index (Phi) is 4.49. The van der Waals surface area contributed by atoms with Crippen LogP contribution in [0.25, 0.3) is 0 Å². The standard InChI is InChI=1S/C13H14ClNO4S/c1-9-11(14)3-2-4-13(9)20(17,18)15-7-12(16)10-5-6-19-8-10/h2-6,8,12,15-16H,7H2,1H3/t12-/m0/s1. The first kappa shape index (κ1) is 15.1. The Hall–Kier alpha value is -1.34. The molecule has 5 nitrogen and oxygen atoms in total. The second-order valence-electron chi connectivity index (χ2n) is 4.29. The Morgan fingerprint density at radius 3 is 2.80 bits per heavy atom. The molecule has 0 aliphatic carbocycles. The number of hydrogen-bond acceptors (Lipinski definition) is 4. The number of furan rings is 1. The predicted octanol–water partition coefficient (Wildman–Crippen LogP) is 2.25. The lowest BCUT2D eigenvalue weighted by Crippen LogP contribution is -2.29. The lowest BCUT2D eigenvalue weighted by molar-refractivity contribution is 0.181. The van der Waals surface area contributed by atoms with Crippen LogP contribution in [-0.4, -0.2) is 20.1 Å². The zero-order chi connectivity index (χ0) is 14.8. The summed E-state index contributed by atoms with van der Waals surface area (Å²) in [5, 5.41) is 10.2. The van der Waals surface area contributed by atoms with E-state index in [-0.39, 0.29) is 11.4 Å². The van der Waals surface area contributed by atoms with Crippen molar-refractivity contribution in [3.8, 4) is 0 Å². The summed E-state index contributed by atoms with van der Waals surface area (Å²) >= 11 is 5.91. The van der Waals surface area contributed by atoms with Gasteiger partial charge in [-0.15, -0.1) is 0 Å². The van der Waals surface area contributed by atoms with Gasteiger partial charge in [0.15, 0.2) is 0 Å². The normalized spacial score (nSPS) is 13.3. The first-order chi connectivity index (χ1) is 9.42. The van der Waals surface area contributed by atoms with Crippen LogP contribution in [-0.2, 0) is 10.0 Å². The van der Waals surface area contributed by atoms with Crippen LogP contribution in [0, 0.1) is 6.92 Å². The van der Waals surface area contributed by atoms with E-state index in [9.17, 15) is 13.5 Å². The van der Waals surface area contributed by atoms with Crippen LogP contribution >= 0.6 is 11.6 Å². The fourth-order valence-corrected chi connectivity index (χ4v) is 3.26. The number of aliphatic hydroxyl groups excluding tert-OH is 1. The number of hydrogen-bond donors (Lipinski definition) is 2. The molecule has 0 bridgehead atoms. The average Bonchev–Trinajstić information content (AvgIpc) is 2.93. The highest BCUT2D eigenvalue weighted by Gasteiger charge is 2.20. The van der Waals surface area contributed by atoms with Gasteiger partial charge in [-0.3, -0.25) is 0 Å². The van der Waals surface area contributed by atoms with Gasteiger partial charge in [0.05, 0.1) is 23.5 Å². The molecule has 1 aromatic carbocycles. The van der Waals surface area contributed by atoms with Crippen LogP contribution < -0.4 is 4.72 Å². The summed E-state index contributed by atoms with van der Waals surface area (Å²) in [6, 6.07) is 6.23. The van der Waals surface area contributed by atoms with Gasteiger partial charge >= 0.3 is 0 Å². The Labute approximate surface area is 122 Å². The Bertz CT molecular complexity index is 682. The number of halogens is 1. The maximum absolute atomic E-state index is 12.2. The number of sulfonamides is 1. The van der Waals surface area contributed by atoms with Crippen molar-refractivity contribution in [2.24, 2.45) is 0 Å². The summed E-state index contributed by atoms with van der Waals surface area (Å²) in [4.78, 5) is 0.101. The SMILES string of the molecule is Cc1c(Cl)cccc1S(=O)(=O)NC[C@H](O)c1ccoc1. The van der Waals surface area contributed by atoms with Crippen molar-refractivity contribution in [2.75, 3.05) is 6.54 Å². The van der Waals surface area contributed by atoms with Crippen LogP contribution in [0.5, 0.6) is 0 Å². The molecule has 0 saturated heterocycles. The van der Waals surface area contributed by atoms with Crippen LogP contribution in [0.3, 0.4) is 0 Å². The van der Waals surface area contributed by atoms with E-state index in [1.54, 1.807) is 25.1 Å². The van der Waals surface area contributed by atoms with Gasteiger partial charge in [0.2, 0.25) is 10.0 Å². The van der Waals surface area contributed by atoms with Crippen LogP contribution in [0.4, 0.5) is 0 Å². The summed E-state index contributed by atoms with van der Waals surface area (Å²) in [6.07, 6.45) is 1.81. The van der Waals surface area contributed by atoms with E-state index < -0.39 is 16.1 Å². The summed E-state index contributed by atoms with van der Waals surface area (Å²) in [5.41, 5.74) is 0.981. The van der Waals surface area contributed by atoms with E-state index in [4.69, 9.17) is 16.0 Å². The second-order valence-corrected chi connectivity index (χ2v) is 6.43. The van der Waals surface area contributed by atoms with Crippen molar-refractivity contribution in [1.29, 1.82) is 0 Å². The maximum atomic E-state index is 12.2. The molecule has 1 heterocycles. The van der Waals surface area contributed by atoms with E-state index in [1.807, 2.05) is 0 Å². The molecule has 20 heavy (non-hydrogen) atoms. The van der Waals surface area contributed by atoms with E-state index in [1.165, 1.54) is 18.6 Å². The van der Waals surface area contributed by atoms with Gasteiger partial charge < -0.3 is 9.52 Å². The maximum Gasteiger partial charge on any atom is 0.240 e. The summed E-state index contributed by atoms with van der Waals surface area (Å²) < 4.78 is 31.5. The molecule has 7 heteroatoms. The zero-order valence-corrected chi connectivity index (χ0v) is 12.3. The molecule has 108 valence electrons. The quantitative estimate of drug-likeness (QED) is 0.887. The monoisotopic (exact) mass is 315 g/mol. The number of aliphatic hydroxyl groups is 1. The Morgan fingerprint density at radius 2 is 2.15 bits per heavy atom. The molecular weight excluding hydrogens is 302 g/mol. The lowest BCUT2D eigenvalue weighted by atomic mass is 10.2. The van der Waals surface area contributed by atoms with Gasteiger partial charge in [-0.1, -0.05) is 17.7 Å².